The number of fused-ring (bicyclic) bond motifs is 1. The number of methoxy groups -OCH3 is 1. The van der Waals surface area contributed by atoms with Crippen LogP contribution in [0.4, 0.5) is 0 Å². The third-order valence-electron chi connectivity index (χ3n) is 4.23. The molecule has 2 N–H and O–H groups in total. The molecular formula is C16H23N3O2. The lowest BCUT2D eigenvalue weighted by molar-refractivity contribution is 0.0480. The summed E-state index contributed by atoms with van der Waals surface area (Å²) in [4.78, 5) is 4.84. The van der Waals surface area contributed by atoms with Gasteiger partial charge in [0, 0.05) is 25.8 Å². The zero-order valence-corrected chi connectivity index (χ0v) is 12.8. The summed E-state index contributed by atoms with van der Waals surface area (Å²) in [6, 6.07) is 6.03. The van der Waals surface area contributed by atoms with Crippen molar-refractivity contribution in [1.82, 2.24) is 9.55 Å². The van der Waals surface area contributed by atoms with E-state index in [0.717, 1.165) is 48.4 Å². The molecule has 0 unspecified atom stereocenters. The molecule has 1 aromatic carbocycles. The van der Waals surface area contributed by atoms with E-state index < -0.39 is 0 Å². The Morgan fingerprint density at radius 2 is 2.14 bits per heavy atom. The molecule has 1 saturated heterocycles. The second-order valence-electron chi connectivity index (χ2n) is 5.71. The lowest BCUT2D eigenvalue weighted by Crippen LogP contribution is -2.44. The lowest BCUT2D eigenvalue weighted by Gasteiger charge is -2.33. The molecule has 1 aromatic heterocycles. The Hall–Kier alpha value is -1.59. The summed E-state index contributed by atoms with van der Waals surface area (Å²) in [6.45, 7) is 4.51. The van der Waals surface area contributed by atoms with Crippen molar-refractivity contribution in [2.45, 2.75) is 38.3 Å². The van der Waals surface area contributed by atoms with Gasteiger partial charge in [0.05, 0.1) is 23.7 Å². The molecule has 1 aliphatic rings. The van der Waals surface area contributed by atoms with Gasteiger partial charge in [0.2, 0.25) is 0 Å². The first-order chi connectivity index (χ1) is 10.2. The minimum atomic E-state index is -0.389. The van der Waals surface area contributed by atoms with Gasteiger partial charge in [-0.15, -0.1) is 0 Å². The number of nitrogens with two attached hydrogens (primary N) is 1. The third-order valence-corrected chi connectivity index (χ3v) is 4.23. The molecule has 1 fully saturated rings. The molecule has 0 amide bonds. The Bertz CT molecular complexity index is 630. The number of aryl methyl sites for hydroxylation is 1. The van der Waals surface area contributed by atoms with Crippen LogP contribution in [0.15, 0.2) is 18.2 Å². The zero-order valence-electron chi connectivity index (χ0n) is 12.8. The van der Waals surface area contributed by atoms with Crippen LogP contribution in [0.25, 0.3) is 11.0 Å². The number of hydrogen-bond acceptors (Lipinski definition) is 4. The van der Waals surface area contributed by atoms with Crippen LogP contribution in [0.3, 0.4) is 0 Å². The standard InChI is InChI=1S/C16H23N3O2/c1-3-8-19-14-5-4-12(20-2)11-13(14)18-15(19)16(17)6-9-21-10-7-16/h4-5,11H,3,6-10,17H2,1-2H3. The predicted octanol–water partition coefficient (Wildman–Crippen LogP) is 2.42. The van der Waals surface area contributed by atoms with Gasteiger partial charge >= 0.3 is 0 Å². The van der Waals surface area contributed by atoms with Crippen LogP contribution < -0.4 is 10.5 Å². The van der Waals surface area contributed by atoms with Gasteiger partial charge in [-0.2, -0.15) is 0 Å². The van der Waals surface area contributed by atoms with Crippen LogP contribution in [0, 0.1) is 0 Å². The first-order valence-corrected chi connectivity index (χ1v) is 7.59. The highest BCUT2D eigenvalue weighted by Crippen LogP contribution is 2.32. The topological polar surface area (TPSA) is 62.3 Å². The smallest absolute Gasteiger partial charge is 0.130 e. The van der Waals surface area contributed by atoms with Crippen molar-refractivity contribution in [3.05, 3.63) is 24.0 Å². The monoisotopic (exact) mass is 289 g/mol. The van der Waals surface area contributed by atoms with Crippen LogP contribution in [-0.2, 0) is 16.8 Å². The minimum absolute atomic E-state index is 0.389. The number of nitrogens with zero attached hydrogens (tertiary/aromatic N) is 2. The van der Waals surface area contributed by atoms with Gasteiger partial charge in [-0.1, -0.05) is 6.92 Å². The average molecular weight is 289 g/mol. The molecule has 0 aliphatic carbocycles. The van der Waals surface area contributed by atoms with Crippen molar-refractivity contribution < 1.29 is 9.47 Å². The lowest BCUT2D eigenvalue weighted by atomic mass is 9.90. The van der Waals surface area contributed by atoms with Crippen LogP contribution in [0.1, 0.15) is 32.0 Å². The van der Waals surface area contributed by atoms with E-state index in [1.54, 1.807) is 7.11 Å². The summed E-state index contributed by atoms with van der Waals surface area (Å²) >= 11 is 0. The average Bonchev–Trinajstić information content (AvgIpc) is 2.87. The molecule has 114 valence electrons. The summed E-state index contributed by atoms with van der Waals surface area (Å²) in [5, 5.41) is 0. The van der Waals surface area contributed by atoms with E-state index in [4.69, 9.17) is 20.2 Å². The second kappa shape index (κ2) is 5.66. The molecule has 2 aromatic rings. The summed E-state index contributed by atoms with van der Waals surface area (Å²) < 4.78 is 13.0. The normalized spacial score (nSPS) is 18.0. The molecule has 0 radical (unpaired) electrons. The highest BCUT2D eigenvalue weighted by atomic mass is 16.5. The summed E-state index contributed by atoms with van der Waals surface area (Å²) in [5.74, 6) is 1.81. The fourth-order valence-corrected chi connectivity index (χ4v) is 3.03. The SMILES string of the molecule is CCCn1c(C2(N)CCOCC2)nc2cc(OC)ccc21. The first-order valence-electron chi connectivity index (χ1n) is 7.59. The molecule has 5 nitrogen and oxygen atoms in total. The fourth-order valence-electron chi connectivity index (χ4n) is 3.03. The Balaban J connectivity index is 2.13. The van der Waals surface area contributed by atoms with E-state index >= 15 is 0 Å². The van der Waals surface area contributed by atoms with Gasteiger partial charge in [0.1, 0.15) is 11.6 Å². The largest absolute Gasteiger partial charge is 0.497 e. The third kappa shape index (κ3) is 2.51. The number of imidazole rings is 1. The minimum Gasteiger partial charge on any atom is -0.497 e. The molecule has 3 rings (SSSR count). The van der Waals surface area contributed by atoms with Gasteiger partial charge < -0.3 is 19.8 Å². The zero-order chi connectivity index (χ0) is 14.9. The Morgan fingerprint density at radius 3 is 2.81 bits per heavy atom. The highest BCUT2D eigenvalue weighted by molar-refractivity contribution is 5.78. The number of ether oxygens (including phenoxy) is 2. The Labute approximate surface area is 125 Å². The number of aromatic nitrogens is 2. The Kier molecular flexibility index (Phi) is 3.87. The molecule has 0 atom stereocenters. The second-order valence-corrected chi connectivity index (χ2v) is 5.71. The molecule has 0 bridgehead atoms. The van der Waals surface area contributed by atoms with Crippen molar-refractivity contribution in [3.63, 3.8) is 0 Å². The number of hydrogen-bond donors (Lipinski definition) is 1. The highest BCUT2D eigenvalue weighted by Gasteiger charge is 2.35. The van der Waals surface area contributed by atoms with E-state index in [-0.39, 0.29) is 5.54 Å². The van der Waals surface area contributed by atoms with Crippen molar-refractivity contribution in [2.24, 2.45) is 5.73 Å². The van der Waals surface area contributed by atoms with Gasteiger partial charge in [-0.3, -0.25) is 0 Å². The predicted molar refractivity (Wildman–Crippen MR) is 82.5 cm³/mol. The maximum absolute atomic E-state index is 6.65. The molecule has 1 aliphatic heterocycles. The number of benzene rings is 1. The van der Waals surface area contributed by atoms with E-state index in [9.17, 15) is 0 Å². The van der Waals surface area contributed by atoms with Crippen LogP contribution in [0.2, 0.25) is 0 Å². The van der Waals surface area contributed by atoms with Crippen molar-refractivity contribution in [1.29, 1.82) is 0 Å². The quantitative estimate of drug-likeness (QED) is 0.939. The molecule has 0 spiro atoms. The molecule has 0 saturated carbocycles. The van der Waals surface area contributed by atoms with Gasteiger partial charge in [0.15, 0.2) is 0 Å². The fraction of sp³-hybridized carbons (Fsp3) is 0.562. The molecule has 5 heteroatoms. The van der Waals surface area contributed by atoms with Crippen molar-refractivity contribution in [2.75, 3.05) is 20.3 Å². The van der Waals surface area contributed by atoms with Crippen molar-refractivity contribution >= 4 is 11.0 Å². The van der Waals surface area contributed by atoms with Crippen molar-refractivity contribution in [3.8, 4) is 5.75 Å². The number of rotatable bonds is 4. The summed E-state index contributed by atoms with van der Waals surface area (Å²) in [7, 11) is 1.67. The van der Waals surface area contributed by atoms with E-state index in [1.165, 1.54) is 0 Å². The van der Waals surface area contributed by atoms with Crippen LogP contribution in [0.5, 0.6) is 5.75 Å². The summed E-state index contributed by atoms with van der Waals surface area (Å²) in [6.07, 6.45) is 2.69. The summed E-state index contributed by atoms with van der Waals surface area (Å²) in [5.41, 5.74) is 8.34. The van der Waals surface area contributed by atoms with Crippen LogP contribution in [-0.4, -0.2) is 29.9 Å². The maximum atomic E-state index is 6.65. The van der Waals surface area contributed by atoms with Gasteiger partial charge in [0.25, 0.3) is 0 Å². The first kappa shape index (κ1) is 14.4. The van der Waals surface area contributed by atoms with E-state index in [0.29, 0.717) is 13.2 Å². The van der Waals surface area contributed by atoms with Crippen LogP contribution >= 0.6 is 0 Å². The van der Waals surface area contributed by atoms with Gasteiger partial charge in [-0.25, -0.2) is 4.98 Å². The maximum Gasteiger partial charge on any atom is 0.130 e. The van der Waals surface area contributed by atoms with E-state index in [2.05, 4.69) is 17.6 Å². The Morgan fingerprint density at radius 1 is 1.38 bits per heavy atom. The van der Waals surface area contributed by atoms with E-state index in [1.807, 2.05) is 12.1 Å². The molecule has 21 heavy (non-hydrogen) atoms. The van der Waals surface area contributed by atoms with Gasteiger partial charge in [-0.05, 0) is 31.4 Å². The molecular weight excluding hydrogens is 266 g/mol. The molecule has 2 heterocycles.